The number of ether oxygens (including phenoxy) is 2. The molecule has 1 aromatic rings. The number of hydrogen-bond donors (Lipinski definition) is 1. The molecule has 0 spiro atoms. The Morgan fingerprint density at radius 3 is 2.22 bits per heavy atom. The predicted octanol–water partition coefficient (Wildman–Crippen LogP) is 2.80. The van der Waals surface area contributed by atoms with E-state index in [2.05, 4.69) is 0 Å². The Kier molecular flexibility index (Phi) is 4.77. The molecule has 0 saturated heterocycles. The number of aryl methyl sites for hydroxylation is 2. The second-order valence-corrected chi connectivity index (χ2v) is 5.15. The SMILES string of the molecule is COCC(O)(c1cc(C)c(OC)cc1C)C(C)C. The summed E-state index contributed by atoms with van der Waals surface area (Å²) in [7, 11) is 3.27. The molecule has 0 aliphatic rings. The van der Waals surface area contributed by atoms with Gasteiger partial charge in [0.25, 0.3) is 0 Å². The van der Waals surface area contributed by atoms with Crippen LogP contribution in [0.5, 0.6) is 5.75 Å². The molecule has 18 heavy (non-hydrogen) atoms. The van der Waals surface area contributed by atoms with Crippen molar-refractivity contribution < 1.29 is 14.6 Å². The third kappa shape index (κ3) is 2.68. The maximum absolute atomic E-state index is 10.9. The van der Waals surface area contributed by atoms with Gasteiger partial charge in [0.15, 0.2) is 0 Å². The van der Waals surface area contributed by atoms with Gasteiger partial charge in [0.1, 0.15) is 11.4 Å². The Bertz CT molecular complexity index is 412. The van der Waals surface area contributed by atoms with Crippen LogP contribution in [0.3, 0.4) is 0 Å². The van der Waals surface area contributed by atoms with Crippen LogP contribution in [-0.4, -0.2) is 25.9 Å². The highest BCUT2D eigenvalue weighted by molar-refractivity contribution is 5.44. The molecule has 1 aromatic carbocycles. The quantitative estimate of drug-likeness (QED) is 0.875. The summed E-state index contributed by atoms with van der Waals surface area (Å²) in [6, 6.07) is 3.96. The molecule has 0 aromatic heterocycles. The molecule has 1 rings (SSSR count). The molecule has 0 aliphatic carbocycles. The van der Waals surface area contributed by atoms with Crippen LogP contribution in [0.4, 0.5) is 0 Å². The first-order chi connectivity index (χ1) is 8.36. The van der Waals surface area contributed by atoms with Crippen molar-refractivity contribution in [2.45, 2.75) is 33.3 Å². The van der Waals surface area contributed by atoms with Crippen molar-refractivity contribution in [2.24, 2.45) is 5.92 Å². The number of aliphatic hydroxyl groups is 1. The molecule has 0 amide bonds. The van der Waals surface area contributed by atoms with E-state index in [9.17, 15) is 5.11 Å². The molecule has 102 valence electrons. The summed E-state index contributed by atoms with van der Waals surface area (Å²) in [5.41, 5.74) is 1.99. The molecule has 1 unspecified atom stereocenters. The predicted molar refractivity (Wildman–Crippen MR) is 73.1 cm³/mol. The van der Waals surface area contributed by atoms with Crippen LogP contribution in [0.1, 0.15) is 30.5 Å². The summed E-state index contributed by atoms with van der Waals surface area (Å²) in [5, 5.41) is 10.9. The average molecular weight is 252 g/mol. The van der Waals surface area contributed by atoms with Crippen LogP contribution < -0.4 is 4.74 Å². The molecule has 1 atom stereocenters. The van der Waals surface area contributed by atoms with E-state index in [0.29, 0.717) is 0 Å². The summed E-state index contributed by atoms with van der Waals surface area (Å²) < 4.78 is 10.5. The zero-order valence-corrected chi connectivity index (χ0v) is 12.2. The van der Waals surface area contributed by atoms with E-state index in [1.807, 2.05) is 39.8 Å². The van der Waals surface area contributed by atoms with Gasteiger partial charge in [0.2, 0.25) is 0 Å². The lowest BCUT2D eigenvalue weighted by atomic mass is 9.81. The number of rotatable bonds is 5. The lowest BCUT2D eigenvalue weighted by Gasteiger charge is -2.33. The summed E-state index contributed by atoms with van der Waals surface area (Å²) in [5.74, 6) is 0.920. The highest BCUT2D eigenvalue weighted by atomic mass is 16.5. The van der Waals surface area contributed by atoms with Gasteiger partial charge < -0.3 is 14.6 Å². The van der Waals surface area contributed by atoms with Crippen molar-refractivity contribution in [3.63, 3.8) is 0 Å². The fourth-order valence-electron chi connectivity index (χ4n) is 2.25. The molecule has 3 heteroatoms. The van der Waals surface area contributed by atoms with Crippen molar-refractivity contribution in [1.82, 2.24) is 0 Å². The fraction of sp³-hybridized carbons (Fsp3) is 0.600. The molecule has 3 nitrogen and oxygen atoms in total. The Hall–Kier alpha value is -1.06. The Morgan fingerprint density at radius 1 is 1.17 bits per heavy atom. The first-order valence-corrected chi connectivity index (χ1v) is 6.23. The second kappa shape index (κ2) is 5.72. The van der Waals surface area contributed by atoms with E-state index < -0.39 is 5.60 Å². The van der Waals surface area contributed by atoms with Gasteiger partial charge in [-0.25, -0.2) is 0 Å². The van der Waals surface area contributed by atoms with E-state index >= 15 is 0 Å². The van der Waals surface area contributed by atoms with Crippen LogP contribution in [0.15, 0.2) is 12.1 Å². The van der Waals surface area contributed by atoms with E-state index in [-0.39, 0.29) is 12.5 Å². The summed E-state index contributed by atoms with van der Waals surface area (Å²) in [6.07, 6.45) is 0. The molecule has 0 radical (unpaired) electrons. The standard InChI is InChI=1S/C15H24O3/c1-10(2)15(16,9-17-5)13-7-12(4)14(18-6)8-11(13)3/h7-8,10,16H,9H2,1-6H3. The number of methoxy groups -OCH3 is 2. The first kappa shape index (κ1) is 15.0. The van der Waals surface area contributed by atoms with E-state index in [1.54, 1.807) is 14.2 Å². The molecular weight excluding hydrogens is 228 g/mol. The third-order valence-corrected chi connectivity index (χ3v) is 3.53. The minimum atomic E-state index is -0.962. The molecule has 0 fully saturated rings. The lowest BCUT2D eigenvalue weighted by molar-refractivity contribution is -0.0705. The summed E-state index contributed by atoms with van der Waals surface area (Å²) in [4.78, 5) is 0. The average Bonchev–Trinajstić information content (AvgIpc) is 2.31. The number of benzene rings is 1. The smallest absolute Gasteiger partial charge is 0.122 e. The second-order valence-electron chi connectivity index (χ2n) is 5.15. The van der Waals surface area contributed by atoms with Gasteiger partial charge >= 0.3 is 0 Å². The summed E-state index contributed by atoms with van der Waals surface area (Å²) in [6.45, 7) is 8.25. The van der Waals surface area contributed by atoms with E-state index in [1.165, 1.54) is 0 Å². The van der Waals surface area contributed by atoms with Crippen molar-refractivity contribution >= 4 is 0 Å². The highest BCUT2D eigenvalue weighted by Crippen LogP contribution is 2.35. The Labute approximate surface area is 110 Å². The highest BCUT2D eigenvalue weighted by Gasteiger charge is 2.35. The van der Waals surface area contributed by atoms with E-state index in [0.717, 1.165) is 22.4 Å². The van der Waals surface area contributed by atoms with Gasteiger partial charge in [-0.2, -0.15) is 0 Å². The van der Waals surface area contributed by atoms with Crippen LogP contribution in [0, 0.1) is 19.8 Å². The molecule has 0 aliphatic heterocycles. The van der Waals surface area contributed by atoms with Gasteiger partial charge in [-0.15, -0.1) is 0 Å². The van der Waals surface area contributed by atoms with Gasteiger partial charge in [-0.05, 0) is 48.6 Å². The monoisotopic (exact) mass is 252 g/mol. The largest absolute Gasteiger partial charge is 0.496 e. The minimum Gasteiger partial charge on any atom is -0.496 e. The van der Waals surface area contributed by atoms with Crippen molar-refractivity contribution in [3.05, 3.63) is 28.8 Å². The first-order valence-electron chi connectivity index (χ1n) is 6.23. The molecule has 1 N–H and O–H groups in total. The van der Waals surface area contributed by atoms with E-state index in [4.69, 9.17) is 9.47 Å². The Balaban J connectivity index is 3.34. The van der Waals surface area contributed by atoms with Crippen LogP contribution in [0.2, 0.25) is 0 Å². The normalized spacial score (nSPS) is 14.7. The Morgan fingerprint density at radius 2 is 1.78 bits per heavy atom. The van der Waals surface area contributed by atoms with Gasteiger partial charge in [0, 0.05) is 7.11 Å². The van der Waals surface area contributed by atoms with Crippen LogP contribution >= 0.6 is 0 Å². The fourth-order valence-corrected chi connectivity index (χ4v) is 2.25. The summed E-state index contributed by atoms with van der Waals surface area (Å²) >= 11 is 0. The maximum Gasteiger partial charge on any atom is 0.122 e. The van der Waals surface area contributed by atoms with Gasteiger partial charge in [-0.3, -0.25) is 0 Å². The lowest BCUT2D eigenvalue weighted by Crippen LogP contribution is -2.37. The maximum atomic E-state index is 10.9. The van der Waals surface area contributed by atoms with Crippen molar-refractivity contribution in [2.75, 3.05) is 20.8 Å². The molecular formula is C15H24O3. The topological polar surface area (TPSA) is 38.7 Å². The molecule has 0 bridgehead atoms. The van der Waals surface area contributed by atoms with Crippen molar-refractivity contribution in [3.8, 4) is 5.75 Å². The molecule has 0 heterocycles. The number of hydrogen-bond acceptors (Lipinski definition) is 3. The van der Waals surface area contributed by atoms with Crippen molar-refractivity contribution in [1.29, 1.82) is 0 Å². The van der Waals surface area contributed by atoms with Crippen LogP contribution in [0.25, 0.3) is 0 Å². The zero-order chi connectivity index (χ0) is 13.9. The van der Waals surface area contributed by atoms with Gasteiger partial charge in [0.05, 0.1) is 13.7 Å². The van der Waals surface area contributed by atoms with Gasteiger partial charge in [-0.1, -0.05) is 13.8 Å². The minimum absolute atomic E-state index is 0.0731. The van der Waals surface area contributed by atoms with Crippen LogP contribution in [-0.2, 0) is 10.3 Å². The third-order valence-electron chi connectivity index (χ3n) is 3.53. The zero-order valence-electron chi connectivity index (χ0n) is 12.2. The molecule has 0 saturated carbocycles.